The van der Waals surface area contributed by atoms with Gasteiger partial charge in [-0.15, -0.1) is 0 Å². The fraction of sp³-hybridized carbons (Fsp3) is 0.182. The first-order valence-electron chi connectivity index (χ1n) is 13.2. The van der Waals surface area contributed by atoms with Crippen molar-refractivity contribution in [3.05, 3.63) is 142 Å². The Labute approximate surface area is 285 Å². The minimum atomic E-state index is -0.895. The maximum Gasteiger partial charge on any atom is 0.336 e. The third-order valence-corrected chi connectivity index (χ3v) is 5.77. The first-order chi connectivity index (χ1) is 20.6. The average molecular weight is 691 g/mol. The maximum atomic E-state index is 10.5. The first kappa shape index (κ1) is 52.3. The van der Waals surface area contributed by atoms with E-state index >= 15 is 0 Å². The number of aldehydes is 1. The van der Waals surface area contributed by atoms with Crippen LogP contribution < -0.4 is 5.73 Å². The number of nitrogens with zero attached hydrogens (tertiary/aromatic N) is 5. The van der Waals surface area contributed by atoms with Crippen LogP contribution in [0, 0.1) is 27.7 Å². The van der Waals surface area contributed by atoms with Crippen LogP contribution in [0.2, 0.25) is 5.02 Å². The van der Waals surface area contributed by atoms with E-state index in [4.69, 9.17) is 22.4 Å². The molecule has 0 aliphatic carbocycles. The monoisotopic (exact) mass is 690 g/mol. The summed E-state index contributed by atoms with van der Waals surface area (Å²) < 4.78 is 0. The SMILES string of the molecule is CCc1cnc(C)cc1N.Cc1cccnc1.Cc1nccc(C(=O)O)c1C.Clc1ccncc1.O.O.O.O.O.O=Cc1ccncc1. The molecular weight excluding hydrogens is 644 g/mol. The molecule has 0 bridgehead atoms. The molecule has 0 amide bonds. The summed E-state index contributed by atoms with van der Waals surface area (Å²) in [5.41, 5.74) is 12.4. The fourth-order valence-electron chi connectivity index (χ4n) is 3.00. The smallest absolute Gasteiger partial charge is 0.336 e. The van der Waals surface area contributed by atoms with Crippen molar-refractivity contribution in [2.45, 2.75) is 41.0 Å². The zero-order chi connectivity index (χ0) is 32.0. The summed E-state index contributed by atoms with van der Waals surface area (Å²) in [7, 11) is 0. The number of pyridine rings is 5. The Hall–Kier alpha value is -5.22. The molecule has 13 N–H and O–H groups in total. The number of carbonyl (C=O) groups is 2. The molecule has 15 heteroatoms. The largest absolute Gasteiger partial charge is 0.478 e. The number of nitrogens with two attached hydrogens (primary N) is 1. The molecule has 0 saturated carbocycles. The highest BCUT2D eigenvalue weighted by molar-refractivity contribution is 6.30. The molecule has 0 spiro atoms. The number of hydrogen-bond donors (Lipinski definition) is 2. The molecule has 0 aliphatic rings. The van der Waals surface area contributed by atoms with Crippen molar-refractivity contribution in [3.8, 4) is 0 Å². The zero-order valence-corrected chi connectivity index (χ0v) is 28.2. The first-order valence-corrected chi connectivity index (χ1v) is 13.6. The lowest BCUT2D eigenvalue weighted by Crippen LogP contribution is -2.01. The van der Waals surface area contributed by atoms with Crippen molar-refractivity contribution in [2.24, 2.45) is 0 Å². The number of aromatic carboxylic acids is 1. The highest BCUT2D eigenvalue weighted by Gasteiger charge is 2.07. The van der Waals surface area contributed by atoms with E-state index in [-0.39, 0.29) is 27.4 Å². The molecule has 5 rings (SSSR count). The second-order valence-electron chi connectivity index (χ2n) is 8.85. The highest BCUT2D eigenvalue weighted by atomic mass is 35.5. The summed E-state index contributed by atoms with van der Waals surface area (Å²) in [5, 5.41) is 9.39. The van der Waals surface area contributed by atoms with Gasteiger partial charge < -0.3 is 38.2 Å². The van der Waals surface area contributed by atoms with Gasteiger partial charge in [-0.05, 0) is 93.3 Å². The Morgan fingerprint density at radius 1 is 0.792 bits per heavy atom. The van der Waals surface area contributed by atoms with Gasteiger partial charge in [-0.2, -0.15) is 0 Å². The number of rotatable bonds is 3. The lowest BCUT2D eigenvalue weighted by atomic mass is 10.1. The summed E-state index contributed by atoms with van der Waals surface area (Å²) in [5.74, 6) is -0.895. The molecule has 0 fully saturated rings. The third kappa shape index (κ3) is 22.3. The Kier molecular flexibility index (Phi) is 33.2. The van der Waals surface area contributed by atoms with Crippen LogP contribution in [0.15, 0.2) is 98.1 Å². The zero-order valence-electron chi connectivity index (χ0n) is 27.5. The second-order valence-corrected chi connectivity index (χ2v) is 9.28. The van der Waals surface area contributed by atoms with E-state index in [0.29, 0.717) is 11.1 Å². The number of hydrogen-bond acceptors (Lipinski definition) is 8. The van der Waals surface area contributed by atoms with E-state index < -0.39 is 5.97 Å². The summed E-state index contributed by atoms with van der Waals surface area (Å²) in [4.78, 5) is 40.0. The van der Waals surface area contributed by atoms with Gasteiger partial charge in [0.05, 0.1) is 5.56 Å². The Bertz CT molecular complexity index is 1480. The normalized spacial score (nSPS) is 8.21. The number of nitrogen functional groups attached to an aromatic ring is 1. The topological polar surface area (TPSA) is 302 Å². The van der Waals surface area contributed by atoms with E-state index in [0.717, 1.165) is 45.9 Å². The number of halogens is 1. The van der Waals surface area contributed by atoms with Gasteiger partial charge in [0.25, 0.3) is 0 Å². The minimum Gasteiger partial charge on any atom is -0.478 e. The lowest BCUT2D eigenvalue weighted by molar-refractivity contribution is 0.0695. The van der Waals surface area contributed by atoms with Crippen molar-refractivity contribution in [1.82, 2.24) is 24.9 Å². The molecule has 0 unspecified atom stereocenters. The molecule has 0 saturated heterocycles. The molecule has 0 aliphatic heterocycles. The number of carboxylic acid groups (broad SMARTS) is 1. The van der Waals surface area contributed by atoms with Crippen LogP contribution >= 0.6 is 11.6 Å². The molecule has 5 aromatic heterocycles. The predicted octanol–water partition coefficient (Wildman–Crippen LogP) is 2.83. The molecule has 264 valence electrons. The summed E-state index contributed by atoms with van der Waals surface area (Å²) >= 11 is 5.50. The van der Waals surface area contributed by atoms with E-state index in [1.807, 2.05) is 44.4 Å². The Balaban J connectivity index is -0.000000158. The number of carboxylic acids is 1. The number of anilines is 1. The second kappa shape index (κ2) is 30.4. The van der Waals surface area contributed by atoms with Gasteiger partial charge in [-0.1, -0.05) is 24.6 Å². The summed E-state index contributed by atoms with van der Waals surface area (Å²) in [6.45, 7) is 9.58. The molecule has 14 nitrogen and oxygen atoms in total. The van der Waals surface area contributed by atoms with Crippen LogP contribution in [0.4, 0.5) is 5.69 Å². The lowest BCUT2D eigenvalue weighted by Gasteiger charge is -2.01. The average Bonchev–Trinajstić information content (AvgIpc) is 3.01. The van der Waals surface area contributed by atoms with Gasteiger partial charge in [0.15, 0.2) is 0 Å². The standard InChI is InChI=1S/C8H12N2.C8H9NO2.C6H5NO.C6H7N.C5H4ClN.5H2O/c1-3-7-5-10-6(2)4-8(7)9;1-5-6(2)9-4-3-7(5)8(10)11;8-5-6-1-3-7-4-2-6;1-6-3-2-4-7-5-6;6-5-1-3-7-4-2-5;;;;;/h4-5H,3H2,1-2H3,(H2,9,10);3-4H,1-2H3,(H,10,11);1-5H;2-5H,1H3;1-4H;5*1H2. The predicted molar refractivity (Wildman–Crippen MR) is 189 cm³/mol. The Morgan fingerprint density at radius 3 is 1.69 bits per heavy atom. The van der Waals surface area contributed by atoms with Crippen LogP contribution in [0.5, 0.6) is 0 Å². The van der Waals surface area contributed by atoms with Crippen molar-refractivity contribution < 1.29 is 42.1 Å². The van der Waals surface area contributed by atoms with Crippen molar-refractivity contribution in [3.63, 3.8) is 0 Å². The van der Waals surface area contributed by atoms with Crippen LogP contribution in [0.3, 0.4) is 0 Å². The number of aromatic nitrogens is 5. The molecule has 5 aromatic rings. The van der Waals surface area contributed by atoms with Gasteiger partial charge in [-0.25, -0.2) is 4.79 Å². The number of carbonyl (C=O) groups excluding carboxylic acids is 1. The van der Waals surface area contributed by atoms with E-state index in [1.54, 1.807) is 69.1 Å². The van der Waals surface area contributed by atoms with Crippen LogP contribution in [-0.2, 0) is 6.42 Å². The van der Waals surface area contributed by atoms with Crippen molar-refractivity contribution in [2.75, 3.05) is 5.73 Å². The molecule has 0 aromatic carbocycles. The quantitative estimate of drug-likeness (QED) is 0.262. The molecular formula is C33H47ClN6O8. The van der Waals surface area contributed by atoms with E-state index in [1.165, 1.54) is 17.8 Å². The third-order valence-electron chi connectivity index (χ3n) is 5.52. The van der Waals surface area contributed by atoms with Gasteiger partial charge in [-0.3, -0.25) is 29.7 Å². The summed E-state index contributed by atoms with van der Waals surface area (Å²) in [6, 6.07) is 14.1. The van der Waals surface area contributed by atoms with Gasteiger partial charge in [0.2, 0.25) is 0 Å². The van der Waals surface area contributed by atoms with Crippen molar-refractivity contribution >= 4 is 29.5 Å². The van der Waals surface area contributed by atoms with Crippen LogP contribution in [-0.4, -0.2) is 69.7 Å². The van der Waals surface area contributed by atoms with Gasteiger partial charge in [0.1, 0.15) is 6.29 Å². The fourth-order valence-corrected chi connectivity index (χ4v) is 3.11. The van der Waals surface area contributed by atoms with Gasteiger partial charge >= 0.3 is 5.97 Å². The van der Waals surface area contributed by atoms with Crippen molar-refractivity contribution in [1.29, 1.82) is 0 Å². The maximum absolute atomic E-state index is 10.5. The molecule has 0 atom stereocenters. The molecule has 48 heavy (non-hydrogen) atoms. The van der Waals surface area contributed by atoms with Gasteiger partial charge in [0, 0.05) is 77.2 Å². The van der Waals surface area contributed by atoms with Crippen LogP contribution in [0.1, 0.15) is 55.7 Å². The highest BCUT2D eigenvalue weighted by Crippen LogP contribution is 2.11. The minimum absolute atomic E-state index is 0. The molecule has 0 radical (unpaired) electrons. The Morgan fingerprint density at radius 2 is 1.35 bits per heavy atom. The van der Waals surface area contributed by atoms with E-state index in [9.17, 15) is 9.59 Å². The summed E-state index contributed by atoms with van der Waals surface area (Å²) in [6.07, 6.45) is 15.2. The number of aryl methyl sites for hydroxylation is 4. The molecule has 5 heterocycles. The van der Waals surface area contributed by atoms with Crippen LogP contribution in [0.25, 0.3) is 0 Å². The van der Waals surface area contributed by atoms with E-state index in [2.05, 4.69) is 31.8 Å².